The van der Waals surface area contributed by atoms with E-state index in [-0.39, 0.29) is 12.4 Å². The predicted molar refractivity (Wildman–Crippen MR) is 76.8 cm³/mol. The number of rotatable bonds is 3. The lowest BCUT2D eigenvalue weighted by Crippen LogP contribution is -2.28. The summed E-state index contributed by atoms with van der Waals surface area (Å²) in [6, 6.07) is 10.6. The molecule has 4 heteroatoms. The lowest BCUT2D eigenvalue weighted by Gasteiger charge is -2.27. The number of hydrogen-bond donors (Lipinski definition) is 0. The van der Waals surface area contributed by atoms with Gasteiger partial charge in [0.1, 0.15) is 6.26 Å². The first kappa shape index (κ1) is 13.8. The SMILES string of the molecule is C1=C(Cc2ccccc2)CCN(C2=COCO2)C1.Cl. The van der Waals surface area contributed by atoms with Gasteiger partial charge in [0.25, 0.3) is 0 Å². The van der Waals surface area contributed by atoms with Gasteiger partial charge in [-0.2, -0.15) is 0 Å². The molecule has 2 aliphatic heterocycles. The van der Waals surface area contributed by atoms with Crippen LogP contribution in [0.15, 0.2) is 54.1 Å². The minimum atomic E-state index is 0. The largest absolute Gasteiger partial charge is 0.459 e. The summed E-state index contributed by atoms with van der Waals surface area (Å²) in [7, 11) is 0. The van der Waals surface area contributed by atoms with Gasteiger partial charge < -0.3 is 14.4 Å². The van der Waals surface area contributed by atoms with Gasteiger partial charge >= 0.3 is 0 Å². The molecule has 0 spiro atoms. The van der Waals surface area contributed by atoms with Crippen molar-refractivity contribution in [1.82, 2.24) is 4.90 Å². The van der Waals surface area contributed by atoms with Crippen LogP contribution in [0.25, 0.3) is 0 Å². The van der Waals surface area contributed by atoms with Gasteiger partial charge in [-0.05, 0) is 18.4 Å². The standard InChI is InChI=1S/C15H17NO2.ClH/c1-2-4-13(5-3-1)10-14-6-8-16(9-7-14)15-11-17-12-18-15;/h1-6,11H,7-10,12H2;1H. The fourth-order valence-corrected chi connectivity index (χ4v) is 2.33. The number of ether oxygens (including phenoxy) is 2. The van der Waals surface area contributed by atoms with Crippen LogP contribution in [0.2, 0.25) is 0 Å². The zero-order chi connectivity index (χ0) is 12.2. The van der Waals surface area contributed by atoms with Crippen LogP contribution in [-0.2, 0) is 15.9 Å². The summed E-state index contributed by atoms with van der Waals surface area (Å²) < 4.78 is 10.5. The van der Waals surface area contributed by atoms with Crippen LogP contribution in [0.4, 0.5) is 0 Å². The van der Waals surface area contributed by atoms with Crippen molar-refractivity contribution in [2.75, 3.05) is 19.9 Å². The van der Waals surface area contributed by atoms with Crippen molar-refractivity contribution < 1.29 is 9.47 Å². The lowest BCUT2D eigenvalue weighted by molar-refractivity contribution is 0.0502. The predicted octanol–water partition coefficient (Wildman–Crippen LogP) is 3.09. The maximum atomic E-state index is 5.38. The van der Waals surface area contributed by atoms with Gasteiger partial charge in [-0.1, -0.05) is 42.0 Å². The van der Waals surface area contributed by atoms with Crippen LogP contribution in [0, 0.1) is 0 Å². The summed E-state index contributed by atoms with van der Waals surface area (Å²) in [6.45, 7) is 2.28. The summed E-state index contributed by atoms with van der Waals surface area (Å²) in [4.78, 5) is 2.21. The van der Waals surface area contributed by atoms with Crippen LogP contribution in [0.5, 0.6) is 0 Å². The maximum absolute atomic E-state index is 5.38. The van der Waals surface area contributed by atoms with E-state index in [1.165, 1.54) is 11.1 Å². The third kappa shape index (κ3) is 3.44. The number of halogens is 1. The zero-order valence-corrected chi connectivity index (χ0v) is 11.6. The molecule has 0 saturated carbocycles. The zero-order valence-electron chi connectivity index (χ0n) is 10.7. The second kappa shape index (κ2) is 6.53. The van der Waals surface area contributed by atoms with Crippen molar-refractivity contribution in [3.63, 3.8) is 0 Å². The van der Waals surface area contributed by atoms with Crippen molar-refractivity contribution in [2.45, 2.75) is 12.8 Å². The molecule has 0 aromatic heterocycles. The molecule has 3 rings (SSSR count). The summed E-state index contributed by atoms with van der Waals surface area (Å²) >= 11 is 0. The van der Waals surface area contributed by atoms with Crippen molar-refractivity contribution in [2.24, 2.45) is 0 Å². The first-order valence-corrected chi connectivity index (χ1v) is 6.33. The second-order valence-electron chi connectivity index (χ2n) is 4.61. The first-order chi connectivity index (χ1) is 8.92. The summed E-state index contributed by atoms with van der Waals surface area (Å²) in [5.41, 5.74) is 2.90. The summed E-state index contributed by atoms with van der Waals surface area (Å²) in [6.07, 6.45) is 6.16. The molecule has 0 radical (unpaired) electrons. The van der Waals surface area contributed by atoms with Gasteiger partial charge in [0, 0.05) is 13.1 Å². The highest BCUT2D eigenvalue weighted by Gasteiger charge is 2.18. The number of benzene rings is 1. The average Bonchev–Trinajstić information content (AvgIpc) is 2.95. The minimum absolute atomic E-state index is 0. The van der Waals surface area contributed by atoms with Gasteiger partial charge in [0.2, 0.25) is 12.7 Å². The Bertz CT molecular complexity index is 470. The molecule has 0 fully saturated rings. The highest BCUT2D eigenvalue weighted by molar-refractivity contribution is 5.85. The van der Waals surface area contributed by atoms with E-state index in [4.69, 9.17) is 9.47 Å². The lowest BCUT2D eigenvalue weighted by atomic mass is 10.00. The number of hydrogen-bond acceptors (Lipinski definition) is 3. The fraction of sp³-hybridized carbons (Fsp3) is 0.333. The highest BCUT2D eigenvalue weighted by Crippen LogP contribution is 2.21. The Balaban J connectivity index is 0.00000133. The Kier molecular flexibility index (Phi) is 4.74. The number of nitrogens with zero attached hydrogens (tertiary/aromatic N) is 1. The van der Waals surface area contributed by atoms with E-state index in [1.807, 2.05) is 0 Å². The Morgan fingerprint density at radius 1 is 1.16 bits per heavy atom. The molecule has 102 valence electrons. The molecule has 0 N–H and O–H groups in total. The van der Waals surface area contributed by atoms with Gasteiger partial charge in [-0.3, -0.25) is 0 Å². The van der Waals surface area contributed by atoms with Crippen LogP contribution in [-0.4, -0.2) is 24.8 Å². The molecule has 3 nitrogen and oxygen atoms in total. The van der Waals surface area contributed by atoms with Crippen LogP contribution in [0.1, 0.15) is 12.0 Å². The van der Waals surface area contributed by atoms with Crippen molar-refractivity contribution in [3.8, 4) is 0 Å². The van der Waals surface area contributed by atoms with E-state index in [9.17, 15) is 0 Å². The first-order valence-electron chi connectivity index (χ1n) is 6.33. The van der Waals surface area contributed by atoms with E-state index in [0.29, 0.717) is 6.79 Å². The maximum Gasteiger partial charge on any atom is 0.232 e. The molecular formula is C15H18ClNO2. The molecular weight excluding hydrogens is 262 g/mol. The molecule has 2 aliphatic rings. The van der Waals surface area contributed by atoms with Gasteiger partial charge in [-0.25, -0.2) is 0 Å². The van der Waals surface area contributed by atoms with Gasteiger partial charge in [0.15, 0.2) is 0 Å². The van der Waals surface area contributed by atoms with E-state index in [1.54, 1.807) is 6.26 Å². The topological polar surface area (TPSA) is 21.7 Å². The monoisotopic (exact) mass is 279 g/mol. The summed E-state index contributed by atoms with van der Waals surface area (Å²) in [5, 5.41) is 0. The van der Waals surface area contributed by atoms with E-state index < -0.39 is 0 Å². The smallest absolute Gasteiger partial charge is 0.232 e. The van der Waals surface area contributed by atoms with Crippen LogP contribution >= 0.6 is 12.4 Å². The van der Waals surface area contributed by atoms with E-state index >= 15 is 0 Å². The normalized spacial score (nSPS) is 17.8. The summed E-state index contributed by atoms with van der Waals surface area (Å²) in [5.74, 6) is 0.866. The molecule has 0 saturated heterocycles. The Morgan fingerprint density at radius 2 is 2.00 bits per heavy atom. The van der Waals surface area contributed by atoms with Crippen molar-refractivity contribution in [1.29, 1.82) is 0 Å². The second-order valence-corrected chi connectivity index (χ2v) is 4.61. The molecule has 0 aliphatic carbocycles. The highest BCUT2D eigenvalue weighted by atomic mass is 35.5. The van der Waals surface area contributed by atoms with E-state index in [2.05, 4.69) is 41.3 Å². The molecule has 0 amide bonds. The Hall–Kier alpha value is -1.61. The quantitative estimate of drug-likeness (QED) is 0.794. The Morgan fingerprint density at radius 3 is 2.63 bits per heavy atom. The molecule has 0 atom stereocenters. The third-order valence-electron chi connectivity index (χ3n) is 3.35. The van der Waals surface area contributed by atoms with E-state index in [0.717, 1.165) is 31.8 Å². The fourth-order valence-electron chi connectivity index (χ4n) is 2.33. The molecule has 1 aromatic carbocycles. The van der Waals surface area contributed by atoms with Crippen molar-refractivity contribution in [3.05, 3.63) is 59.7 Å². The molecule has 19 heavy (non-hydrogen) atoms. The van der Waals surface area contributed by atoms with Gasteiger partial charge in [0.05, 0.1) is 0 Å². The molecule has 0 unspecified atom stereocenters. The molecule has 2 heterocycles. The Labute approximate surface area is 119 Å². The van der Waals surface area contributed by atoms with Crippen LogP contribution in [0.3, 0.4) is 0 Å². The molecule has 1 aromatic rings. The molecule has 0 bridgehead atoms. The third-order valence-corrected chi connectivity index (χ3v) is 3.35. The minimum Gasteiger partial charge on any atom is -0.459 e. The van der Waals surface area contributed by atoms with Crippen molar-refractivity contribution >= 4 is 12.4 Å². The van der Waals surface area contributed by atoms with Gasteiger partial charge in [-0.15, -0.1) is 12.4 Å². The average molecular weight is 280 g/mol. The van der Waals surface area contributed by atoms with Crippen LogP contribution < -0.4 is 0 Å².